The monoisotopic (exact) mass is 389 g/mol. The lowest BCUT2D eigenvalue weighted by Crippen LogP contribution is -2.39. The van der Waals surface area contributed by atoms with Crippen molar-refractivity contribution in [3.8, 4) is 5.75 Å². The van der Waals surface area contributed by atoms with Gasteiger partial charge in [-0.1, -0.05) is 31.2 Å². The summed E-state index contributed by atoms with van der Waals surface area (Å²) in [5.41, 5.74) is 2.89. The van der Waals surface area contributed by atoms with E-state index in [0.717, 1.165) is 16.7 Å². The van der Waals surface area contributed by atoms with Gasteiger partial charge >= 0.3 is 0 Å². The minimum absolute atomic E-state index is 0.196. The van der Waals surface area contributed by atoms with E-state index in [-0.39, 0.29) is 16.8 Å². The van der Waals surface area contributed by atoms with E-state index in [1.807, 2.05) is 45.9 Å². The highest BCUT2D eigenvalue weighted by molar-refractivity contribution is 7.90. The molecule has 146 valence electrons. The molecule has 0 radical (unpaired) electrons. The number of nitrogens with one attached hydrogen (secondary N) is 1. The number of hydrogen-bond donors (Lipinski definition) is 1. The molecule has 0 spiro atoms. The van der Waals surface area contributed by atoms with Gasteiger partial charge in [-0.2, -0.15) is 0 Å². The van der Waals surface area contributed by atoms with Crippen molar-refractivity contribution in [3.63, 3.8) is 0 Å². The summed E-state index contributed by atoms with van der Waals surface area (Å²) in [5.74, 6) is 0.514. The van der Waals surface area contributed by atoms with Crippen LogP contribution in [0, 0.1) is 13.8 Å². The molecule has 2 atom stereocenters. The molecule has 0 aliphatic rings. The van der Waals surface area contributed by atoms with E-state index < -0.39 is 15.9 Å². The predicted octanol–water partition coefficient (Wildman–Crippen LogP) is 3.74. The Labute approximate surface area is 161 Å². The number of carbonyl (C=O) groups excluding carboxylic acids is 1. The summed E-state index contributed by atoms with van der Waals surface area (Å²) in [6.07, 6.45) is 1.12. The van der Waals surface area contributed by atoms with Gasteiger partial charge in [-0.25, -0.2) is 8.42 Å². The van der Waals surface area contributed by atoms with Gasteiger partial charge in [0.05, 0.1) is 10.9 Å². The number of aryl methyl sites for hydroxylation is 2. The molecule has 1 amide bonds. The van der Waals surface area contributed by atoms with Crippen LogP contribution in [0.15, 0.2) is 47.4 Å². The molecule has 2 aromatic carbocycles. The smallest absolute Gasteiger partial charge is 0.261 e. The lowest BCUT2D eigenvalue weighted by atomic mass is 10.1. The maximum Gasteiger partial charge on any atom is 0.261 e. The van der Waals surface area contributed by atoms with Crippen molar-refractivity contribution >= 4 is 15.7 Å². The highest BCUT2D eigenvalue weighted by Gasteiger charge is 2.21. The Morgan fingerprint density at radius 1 is 1.11 bits per heavy atom. The number of ether oxygens (including phenoxy) is 1. The van der Waals surface area contributed by atoms with Gasteiger partial charge in [-0.15, -0.1) is 0 Å². The molecule has 2 rings (SSSR count). The molecule has 0 saturated heterocycles. The molecule has 0 heterocycles. The van der Waals surface area contributed by atoms with Gasteiger partial charge in [0.1, 0.15) is 5.75 Å². The normalized spacial score (nSPS) is 13.7. The summed E-state index contributed by atoms with van der Waals surface area (Å²) >= 11 is 0. The first kappa shape index (κ1) is 21.0. The third-order valence-electron chi connectivity index (χ3n) is 4.44. The molecular weight excluding hydrogens is 362 g/mol. The zero-order chi connectivity index (χ0) is 20.2. The molecule has 0 aliphatic heterocycles. The average Bonchev–Trinajstić information content (AvgIpc) is 2.61. The molecule has 0 aliphatic carbocycles. The fraction of sp³-hybridized carbons (Fsp3) is 0.381. The second kappa shape index (κ2) is 8.57. The topological polar surface area (TPSA) is 72.5 Å². The average molecular weight is 390 g/mol. The molecule has 0 saturated carbocycles. The molecule has 6 heteroatoms. The number of hydrogen-bond acceptors (Lipinski definition) is 4. The van der Waals surface area contributed by atoms with Crippen molar-refractivity contribution < 1.29 is 17.9 Å². The maximum atomic E-state index is 12.7. The Hall–Kier alpha value is -2.34. The number of amides is 1. The van der Waals surface area contributed by atoms with Crippen molar-refractivity contribution in [2.75, 3.05) is 6.26 Å². The Morgan fingerprint density at radius 3 is 2.30 bits per heavy atom. The molecule has 1 N–H and O–H groups in total. The molecule has 0 bridgehead atoms. The van der Waals surface area contributed by atoms with E-state index in [1.165, 1.54) is 6.26 Å². The van der Waals surface area contributed by atoms with E-state index >= 15 is 0 Å². The minimum atomic E-state index is -3.24. The van der Waals surface area contributed by atoms with E-state index in [4.69, 9.17) is 4.74 Å². The van der Waals surface area contributed by atoms with Crippen LogP contribution in [0.25, 0.3) is 0 Å². The second-order valence-corrected chi connectivity index (χ2v) is 8.87. The molecule has 27 heavy (non-hydrogen) atoms. The molecule has 0 aromatic heterocycles. The highest BCUT2D eigenvalue weighted by atomic mass is 32.2. The Kier molecular flexibility index (Phi) is 6.65. The van der Waals surface area contributed by atoms with Crippen molar-refractivity contribution in [1.82, 2.24) is 5.32 Å². The van der Waals surface area contributed by atoms with E-state index in [9.17, 15) is 13.2 Å². The molecule has 5 nitrogen and oxygen atoms in total. The number of rotatable bonds is 7. The standard InChI is InChI=1S/C21H27NO4S/c1-6-19(26-20-13-14(2)7-8-15(20)3)21(23)22-16(4)17-9-11-18(12-10-17)27(5,24)25/h7-13,16,19H,6H2,1-5H3,(H,22,23)/t16-,19+/m0/s1. The molecular formula is C21H27NO4S. The summed E-state index contributed by atoms with van der Waals surface area (Å²) in [5, 5.41) is 2.95. The maximum absolute atomic E-state index is 12.7. The minimum Gasteiger partial charge on any atom is -0.480 e. The first-order valence-corrected chi connectivity index (χ1v) is 10.8. The zero-order valence-corrected chi connectivity index (χ0v) is 17.3. The molecule has 0 unspecified atom stereocenters. The third kappa shape index (κ3) is 5.57. The van der Waals surface area contributed by atoms with Crippen LogP contribution in [0.1, 0.15) is 43.0 Å². The van der Waals surface area contributed by atoms with E-state index in [2.05, 4.69) is 5.32 Å². The Balaban J connectivity index is 2.08. The van der Waals surface area contributed by atoms with Crippen LogP contribution in [-0.2, 0) is 14.6 Å². The van der Waals surface area contributed by atoms with E-state index in [1.54, 1.807) is 24.3 Å². The predicted molar refractivity (Wildman–Crippen MR) is 107 cm³/mol. The fourth-order valence-electron chi connectivity index (χ4n) is 2.70. The molecule has 0 fully saturated rings. The summed E-state index contributed by atoms with van der Waals surface area (Å²) in [7, 11) is -3.24. The number of carbonyl (C=O) groups is 1. The lowest BCUT2D eigenvalue weighted by molar-refractivity contribution is -0.128. The first-order chi connectivity index (χ1) is 12.6. The first-order valence-electron chi connectivity index (χ1n) is 8.96. The highest BCUT2D eigenvalue weighted by Crippen LogP contribution is 2.22. The quantitative estimate of drug-likeness (QED) is 0.783. The van der Waals surface area contributed by atoms with Crippen molar-refractivity contribution in [1.29, 1.82) is 0 Å². The summed E-state index contributed by atoms with van der Waals surface area (Å²) in [6.45, 7) is 7.69. The van der Waals surface area contributed by atoms with Crippen LogP contribution < -0.4 is 10.1 Å². The summed E-state index contributed by atoms with van der Waals surface area (Å²) in [4.78, 5) is 12.9. The van der Waals surface area contributed by atoms with Crippen LogP contribution in [0.5, 0.6) is 5.75 Å². The zero-order valence-electron chi connectivity index (χ0n) is 16.4. The van der Waals surface area contributed by atoms with Gasteiger partial charge in [0.25, 0.3) is 5.91 Å². The van der Waals surface area contributed by atoms with Crippen LogP contribution in [0.4, 0.5) is 0 Å². The Bertz CT molecular complexity index is 904. The van der Waals surface area contributed by atoms with Crippen LogP contribution >= 0.6 is 0 Å². The van der Waals surface area contributed by atoms with Gasteiger partial charge in [0, 0.05) is 6.26 Å². The largest absolute Gasteiger partial charge is 0.480 e. The number of benzene rings is 2. The van der Waals surface area contributed by atoms with Crippen LogP contribution in [-0.4, -0.2) is 26.7 Å². The van der Waals surface area contributed by atoms with Gasteiger partial charge in [0.15, 0.2) is 15.9 Å². The SMILES string of the molecule is CC[C@@H](Oc1cc(C)ccc1C)C(=O)N[C@@H](C)c1ccc(S(C)(=O)=O)cc1. The summed E-state index contributed by atoms with van der Waals surface area (Å²) < 4.78 is 29.1. The van der Waals surface area contributed by atoms with Gasteiger partial charge in [0.2, 0.25) is 0 Å². The fourth-order valence-corrected chi connectivity index (χ4v) is 3.33. The van der Waals surface area contributed by atoms with Crippen molar-refractivity contribution in [3.05, 3.63) is 59.2 Å². The van der Waals surface area contributed by atoms with Gasteiger partial charge in [-0.3, -0.25) is 4.79 Å². The Morgan fingerprint density at radius 2 is 1.74 bits per heavy atom. The lowest BCUT2D eigenvalue weighted by Gasteiger charge is -2.22. The third-order valence-corrected chi connectivity index (χ3v) is 5.57. The molecule has 2 aromatic rings. The second-order valence-electron chi connectivity index (χ2n) is 6.86. The van der Waals surface area contributed by atoms with Crippen LogP contribution in [0.2, 0.25) is 0 Å². The summed E-state index contributed by atoms with van der Waals surface area (Å²) in [6, 6.07) is 12.2. The number of sulfone groups is 1. The van der Waals surface area contributed by atoms with Gasteiger partial charge < -0.3 is 10.1 Å². The van der Waals surface area contributed by atoms with Crippen LogP contribution in [0.3, 0.4) is 0 Å². The van der Waals surface area contributed by atoms with E-state index in [0.29, 0.717) is 12.2 Å². The van der Waals surface area contributed by atoms with Crippen molar-refractivity contribution in [2.24, 2.45) is 0 Å². The van der Waals surface area contributed by atoms with Gasteiger partial charge in [-0.05, 0) is 62.1 Å². The van der Waals surface area contributed by atoms with Crippen molar-refractivity contribution in [2.45, 2.75) is 51.2 Å².